The minimum absolute atomic E-state index is 0.00225. The van der Waals surface area contributed by atoms with Crippen LogP contribution < -0.4 is 0 Å². The smallest absolute Gasteiger partial charge is 0.322 e. The monoisotopic (exact) mass is 973 g/mol. The number of nitrogens with zero attached hydrogens (tertiary/aromatic N) is 1. The first-order valence-corrected chi connectivity index (χ1v) is 24.0. The first kappa shape index (κ1) is 58.0. The molecule has 2 rings (SSSR count). The summed E-state index contributed by atoms with van der Waals surface area (Å²) in [5.74, 6) is -0.566. The Balaban J connectivity index is 1.79. The Morgan fingerprint density at radius 2 is 1.11 bits per heavy atom. The van der Waals surface area contributed by atoms with E-state index in [9.17, 15) is 22.6 Å². The van der Waals surface area contributed by atoms with Gasteiger partial charge >= 0.3 is 5.97 Å². The fourth-order valence-corrected chi connectivity index (χ4v) is 8.87. The van der Waals surface area contributed by atoms with Crippen molar-refractivity contribution in [2.45, 2.75) is 60.6 Å². The van der Waals surface area contributed by atoms with Gasteiger partial charge in [-0.1, -0.05) is 73.4 Å². The third kappa shape index (κ3) is 25.0. The van der Waals surface area contributed by atoms with Gasteiger partial charge in [0.25, 0.3) is 16.6 Å². The number of thioether (sulfide) groups is 1. The third-order valence-corrected chi connectivity index (χ3v) is 12.2. The van der Waals surface area contributed by atoms with Gasteiger partial charge in [-0.05, 0) is 36.6 Å². The van der Waals surface area contributed by atoms with Crippen LogP contribution in [0.1, 0.15) is 51.2 Å². The minimum Gasteiger partial charge on any atom is -0.468 e. The van der Waals surface area contributed by atoms with Gasteiger partial charge in [-0.25, -0.2) is 6.57 Å². The van der Waals surface area contributed by atoms with E-state index < -0.39 is 31.8 Å². The van der Waals surface area contributed by atoms with E-state index in [2.05, 4.69) is 4.85 Å². The molecule has 0 aliphatic rings. The van der Waals surface area contributed by atoms with E-state index in [0.717, 1.165) is 17.3 Å². The number of carbonyl (C=O) groups is 2. The Hall–Kier alpha value is -3.14. The fraction of sp³-hybridized carbons (Fsp3) is 0.644. The Morgan fingerprint density at radius 3 is 1.51 bits per heavy atom. The van der Waals surface area contributed by atoms with Crippen LogP contribution in [0, 0.1) is 6.57 Å². The molecule has 2 aromatic carbocycles. The molecule has 0 bridgehead atoms. The number of benzene rings is 2. The second kappa shape index (κ2) is 33.4. The van der Waals surface area contributed by atoms with Gasteiger partial charge in [-0.2, -0.15) is 8.42 Å². The molecule has 0 fully saturated rings. The molecule has 0 aliphatic carbocycles. The Bertz CT molecular complexity index is 1770. The number of thiocarbonyl (C=S) groups is 1. The molecular weight excluding hydrogens is 907 g/mol. The maximum absolute atomic E-state index is 14.2. The molecule has 0 saturated heterocycles. The van der Waals surface area contributed by atoms with Crippen molar-refractivity contribution in [2.75, 3.05) is 133 Å². The van der Waals surface area contributed by atoms with Crippen LogP contribution in [0.25, 0.3) is 4.85 Å². The topological polar surface area (TPSA) is 194 Å². The average molecular weight is 974 g/mol. The van der Waals surface area contributed by atoms with Gasteiger partial charge in [0, 0.05) is 25.9 Å². The lowest BCUT2D eigenvalue weighted by molar-refractivity contribution is -0.148. The Labute approximate surface area is 394 Å². The molecule has 0 heterocycles. The summed E-state index contributed by atoms with van der Waals surface area (Å²) >= 11 is 6.99. The van der Waals surface area contributed by atoms with Crippen molar-refractivity contribution >= 4 is 50.7 Å². The zero-order valence-electron chi connectivity index (χ0n) is 38.1. The van der Waals surface area contributed by atoms with E-state index in [1.165, 1.54) is 12.1 Å². The fourth-order valence-electron chi connectivity index (χ4n) is 6.51. The van der Waals surface area contributed by atoms with E-state index in [1.807, 2.05) is 37.3 Å². The number of hydrogen-bond acceptors (Lipinski definition) is 17. The third-order valence-electron chi connectivity index (χ3n) is 9.70. The zero-order chi connectivity index (χ0) is 47.7. The predicted molar refractivity (Wildman–Crippen MR) is 248 cm³/mol. The molecule has 0 amide bonds. The number of ether oxygens (including phenoxy) is 11. The average Bonchev–Trinajstić information content (AvgIpc) is 3.28. The van der Waals surface area contributed by atoms with Crippen molar-refractivity contribution in [3.63, 3.8) is 0 Å². The number of rotatable bonds is 40. The van der Waals surface area contributed by atoms with E-state index in [4.69, 9.17) is 70.9 Å². The highest BCUT2D eigenvalue weighted by Crippen LogP contribution is 2.47. The largest absolute Gasteiger partial charge is 0.468 e. The molecule has 1 N–H and O–H groups in total. The molecule has 0 aromatic heterocycles. The molecule has 65 heavy (non-hydrogen) atoms. The molecule has 3 atom stereocenters. The summed E-state index contributed by atoms with van der Waals surface area (Å²) in [6.07, 6.45) is 0.480. The van der Waals surface area contributed by atoms with Crippen molar-refractivity contribution < 1.29 is 74.7 Å². The minimum atomic E-state index is -4.48. The lowest BCUT2D eigenvalue weighted by Gasteiger charge is -2.40. The Kier molecular flexibility index (Phi) is 29.8. The molecular formula is C45H67NO16S3. The second-order valence-corrected chi connectivity index (χ2v) is 18.9. The summed E-state index contributed by atoms with van der Waals surface area (Å²) in [5.41, 5.74) is -0.687. The maximum atomic E-state index is 14.2. The highest BCUT2D eigenvalue weighted by atomic mass is 32.2. The zero-order valence-corrected chi connectivity index (χ0v) is 40.5. The Morgan fingerprint density at radius 1 is 0.677 bits per heavy atom. The lowest BCUT2D eigenvalue weighted by atomic mass is 9.68. The van der Waals surface area contributed by atoms with Gasteiger partial charge in [-0.15, -0.1) is 0 Å². The number of hydrogen-bond donors (Lipinski definition) is 1. The SMILES string of the molecule is [C-]#[N+]C(C)(CCOC=O)CC(C)(CC(C)(SC(=S)c1ccccc1)C(=O)OCCOCCOCCOCCOCCOCCOCCOCCOCCOC)c1ccc(S(=O)(=O)O)cc1. The predicted octanol–water partition coefficient (Wildman–Crippen LogP) is 5.40. The van der Waals surface area contributed by atoms with Crippen molar-refractivity contribution in [1.82, 2.24) is 0 Å². The highest BCUT2D eigenvalue weighted by Gasteiger charge is 2.49. The summed E-state index contributed by atoms with van der Waals surface area (Å²) in [6, 6.07) is 14.9. The molecule has 3 unspecified atom stereocenters. The van der Waals surface area contributed by atoms with Crippen LogP contribution in [0.4, 0.5) is 0 Å². The van der Waals surface area contributed by atoms with E-state index in [1.54, 1.807) is 33.1 Å². The van der Waals surface area contributed by atoms with Crippen LogP contribution in [-0.2, 0) is 77.2 Å². The van der Waals surface area contributed by atoms with Gasteiger partial charge in [0.1, 0.15) is 11.4 Å². The quantitative estimate of drug-likeness (QED) is 0.0223. The van der Waals surface area contributed by atoms with Crippen LogP contribution in [0.3, 0.4) is 0 Å². The van der Waals surface area contributed by atoms with Crippen LogP contribution in [0.5, 0.6) is 0 Å². The van der Waals surface area contributed by atoms with Crippen molar-refractivity contribution in [3.8, 4) is 0 Å². The maximum Gasteiger partial charge on any atom is 0.322 e. The molecule has 2 aromatic rings. The lowest BCUT2D eigenvalue weighted by Crippen LogP contribution is -2.45. The summed E-state index contributed by atoms with van der Waals surface area (Å²) < 4.78 is 92.2. The molecule has 0 radical (unpaired) electrons. The summed E-state index contributed by atoms with van der Waals surface area (Å²) in [7, 11) is -2.85. The summed E-state index contributed by atoms with van der Waals surface area (Å²) in [5, 5.41) is 0. The normalized spacial score (nSPS) is 14.4. The number of esters is 1. The molecule has 0 saturated carbocycles. The second-order valence-electron chi connectivity index (χ2n) is 15.3. The number of carbonyl (C=O) groups excluding carboxylic acids is 2. The van der Waals surface area contributed by atoms with Crippen LogP contribution in [-0.4, -0.2) is 173 Å². The van der Waals surface area contributed by atoms with Gasteiger partial charge in [0.2, 0.25) is 5.54 Å². The molecule has 0 aliphatic heterocycles. The van der Waals surface area contributed by atoms with Crippen LogP contribution >= 0.6 is 24.0 Å². The first-order chi connectivity index (χ1) is 31.2. The van der Waals surface area contributed by atoms with E-state index in [-0.39, 0.29) is 50.6 Å². The van der Waals surface area contributed by atoms with Gasteiger partial charge in [0.05, 0.1) is 134 Å². The van der Waals surface area contributed by atoms with Crippen molar-refractivity contribution in [1.29, 1.82) is 0 Å². The van der Waals surface area contributed by atoms with E-state index in [0.29, 0.717) is 115 Å². The van der Waals surface area contributed by atoms with Crippen LogP contribution in [0.15, 0.2) is 59.5 Å². The van der Waals surface area contributed by atoms with Gasteiger partial charge in [0.15, 0.2) is 0 Å². The molecule has 20 heteroatoms. The van der Waals surface area contributed by atoms with E-state index >= 15 is 0 Å². The number of methoxy groups -OCH3 is 1. The highest BCUT2D eigenvalue weighted by molar-refractivity contribution is 8.25. The first-order valence-electron chi connectivity index (χ1n) is 21.3. The molecule has 366 valence electrons. The molecule has 17 nitrogen and oxygen atoms in total. The summed E-state index contributed by atoms with van der Waals surface area (Å²) in [4.78, 5) is 28.7. The molecule has 0 spiro atoms. The van der Waals surface area contributed by atoms with Gasteiger partial charge < -0.3 is 57.0 Å². The van der Waals surface area contributed by atoms with Crippen molar-refractivity contribution in [2.24, 2.45) is 0 Å². The van der Waals surface area contributed by atoms with Crippen molar-refractivity contribution in [3.05, 3.63) is 77.1 Å². The van der Waals surface area contributed by atoms with Crippen LogP contribution in [0.2, 0.25) is 0 Å². The standard InChI is InChI=1S/C45H67NO16S3/c1-43(35-44(2,46-4)15-16-61-37-47,39-11-13-40(14-12-39)65(49,50)51)36-45(3,64-41(63)38-9-7-6-8-10-38)42(48)62-34-33-60-32-31-59-30-29-58-28-27-57-26-25-56-24-23-55-22-21-54-20-19-53-18-17-52-5/h6-14,37H,15-36H2,1-3,5H3,(H,49,50,51). The summed E-state index contributed by atoms with van der Waals surface area (Å²) in [6.45, 7) is 20.9. The van der Waals surface area contributed by atoms with Gasteiger partial charge in [-0.3, -0.25) is 14.1 Å².